The van der Waals surface area contributed by atoms with Gasteiger partial charge in [-0.2, -0.15) is 5.10 Å². The monoisotopic (exact) mass is 262 g/mol. The van der Waals surface area contributed by atoms with Crippen LogP contribution in [0.4, 0.5) is 4.39 Å². The lowest BCUT2D eigenvalue weighted by molar-refractivity contribution is 0.547. The number of rotatable bonds is 6. The molecule has 0 aliphatic heterocycles. The number of halogens is 1. The summed E-state index contributed by atoms with van der Waals surface area (Å²) in [5.74, 6) is 0.753. The van der Waals surface area contributed by atoms with E-state index in [1.54, 1.807) is 13.0 Å². The maximum absolute atomic E-state index is 13.5. The Kier molecular flexibility index (Phi) is 4.63. The highest BCUT2D eigenvalue weighted by Gasteiger charge is 2.07. The van der Waals surface area contributed by atoms with Gasteiger partial charge in [0.05, 0.1) is 0 Å². The van der Waals surface area contributed by atoms with Crippen molar-refractivity contribution in [3.8, 4) is 0 Å². The third-order valence-electron chi connectivity index (χ3n) is 3.20. The minimum Gasteiger partial charge on any atom is -0.310 e. The second-order valence-corrected chi connectivity index (χ2v) is 4.72. The van der Waals surface area contributed by atoms with Crippen LogP contribution in [0.15, 0.2) is 24.5 Å². The number of aromatic nitrogens is 3. The molecule has 1 aromatic carbocycles. The average molecular weight is 262 g/mol. The zero-order chi connectivity index (χ0) is 13.7. The first kappa shape index (κ1) is 13.7. The largest absolute Gasteiger partial charge is 0.310 e. The van der Waals surface area contributed by atoms with E-state index in [4.69, 9.17) is 0 Å². The predicted molar refractivity (Wildman–Crippen MR) is 72.3 cm³/mol. The number of hydrogen-bond acceptors (Lipinski definition) is 3. The van der Waals surface area contributed by atoms with Gasteiger partial charge in [-0.25, -0.2) is 9.37 Å². The van der Waals surface area contributed by atoms with E-state index in [1.165, 1.54) is 6.33 Å². The van der Waals surface area contributed by atoms with Gasteiger partial charge in [0.15, 0.2) is 0 Å². The van der Waals surface area contributed by atoms with E-state index in [1.807, 2.05) is 19.1 Å². The molecule has 2 aromatic rings. The van der Waals surface area contributed by atoms with Crippen LogP contribution in [0.5, 0.6) is 0 Å². The van der Waals surface area contributed by atoms with Gasteiger partial charge >= 0.3 is 0 Å². The topological polar surface area (TPSA) is 53.6 Å². The summed E-state index contributed by atoms with van der Waals surface area (Å²) in [6.45, 7) is 4.67. The van der Waals surface area contributed by atoms with Crippen molar-refractivity contribution in [2.45, 2.75) is 32.7 Å². The molecule has 2 rings (SSSR count). The molecule has 0 aliphatic carbocycles. The Morgan fingerprint density at radius 1 is 1.42 bits per heavy atom. The maximum atomic E-state index is 13.5. The van der Waals surface area contributed by atoms with Crippen LogP contribution in [-0.2, 0) is 6.42 Å². The smallest absolute Gasteiger partial charge is 0.137 e. The van der Waals surface area contributed by atoms with Gasteiger partial charge in [0.25, 0.3) is 0 Å². The number of nitrogens with zero attached hydrogens (tertiary/aromatic N) is 2. The fourth-order valence-electron chi connectivity index (χ4n) is 1.92. The highest BCUT2D eigenvalue weighted by molar-refractivity contribution is 5.25. The van der Waals surface area contributed by atoms with Gasteiger partial charge in [0, 0.05) is 12.5 Å². The summed E-state index contributed by atoms with van der Waals surface area (Å²) in [7, 11) is 0. The quantitative estimate of drug-likeness (QED) is 0.787. The number of H-pyrrole nitrogens is 1. The molecule has 0 spiro atoms. The van der Waals surface area contributed by atoms with Crippen LogP contribution >= 0.6 is 0 Å². The highest BCUT2D eigenvalue weighted by atomic mass is 19.1. The molecule has 2 N–H and O–H groups in total. The van der Waals surface area contributed by atoms with Crippen LogP contribution in [0.2, 0.25) is 0 Å². The second-order valence-electron chi connectivity index (χ2n) is 4.72. The van der Waals surface area contributed by atoms with E-state index >= 15 is 0 Å². The van der Waals surface area contributed by atoms with Gasteiger partial charge in [-0.05, 0) is 44.0 Å². The zero-order valence-electron chi connectivity index (χ0n) is 11.3. The Balaban J connectivity index is 1.77. The molecule has 0 aliphatic rings. The van der Waals surface area contributed by atoms with Crippen molar-refractivity contribution in [1.82, 2.24) is 20.5 Å². The summed E-state index contributed by atoms with van der Waals surface area (Å²) in [5.41, 5.74) is 1.66. The Labute approximate surface area is 112 Å². The van der Waals surface area contributed by atoms with Crippen LogP contribution in [0.1, 0.15) is 36.3 Å². The van der Waals surface area contributed by atoms with Crippen molar-refractivity contribution >= 4 is 0 Å². The third kappa shape index (κ3) is 3.86. The van der Waals surface area contributed by atoms with Gasteiger partial charge in [0.1, 0.15) is 18.0 Å². The lowest BCUT2D eigenvalue weighted by Crippen LogP contribution is -2.20. The van der Waals surface area contributed by atoms with Crippen LogP contribution in [-0.4, -0.2) is 21.7 Å². The zero-order valence-corrected chi connectivity index (χ0v) is 11.3. The minimum atomic E-state index is -0.146. The summed E-state index contributed by atoms with van der Waals surface area (Å²) >= 11 is 0. The van der Waals surface area contributed by atoms with Crippen molar-refractivity contribution in [1.29, 1.82) is 0 Å². The molecule has 0 saturated carbocycles. The van der Waals surface area contributed by atoms with Gasteiger partial charge in [-0.1, -0.05) is 12.1 Å². The first-order valence-corrected chi connectivity index (χ1v) is 6.50. The Morgan fingerprint density at radius 2 is 2.26 bits per heavy atom. The normalized spacial score (nSPS) is 12.6. The summed E-state index contributed by atoms with van der Waals surface area (Å²) in [6, 6.07) is 5.53. The number of hydrogen-bond donors (Lipinski definition) is 2. The maximum Gasteiger partial charge on any atom is 0.137 e. The molecule has 0 fully saturated rings. The minimum absolute atomic E-state index is 0.143. The molecule has 0 bridgehead atoms. The van der Waals surface area contributed by atoms with Gasteiger partial charge in [-0.3, -0.25) is 5.10 Å². The van der Waals surface area contributed by atoms with Crippen LogP contribution < -0.4 is 5.32 Å². The Bertz CT molecular complexity index is 510. The Morgan fingerprint density at radius 3 is 2.95 bits per heavy atom. The molecule has 1 aromatic heterocycles. The molecule has 19 heavy (non-hydrogen) atoms. The fourth-order valence-corrected chi connectivity index (χ4v) is 1.92. The summed E-state index contributed by atoms with van der Waals surface area (Å²) in [4.78, 5) is 4.07. The second kappa shape index (κ2) is 6.43. The van der Waals surface area contributed by atoms with Crippen molar-refractivity contribution in [2.75, 3.05) is 6.54 Å². The molecule has 1 heterocycles. The van der Waals surface area contributed by atoms with Gasteiger partial charge < -0.3 is 5.32 Å². The molecular formula is C14H19FN4. The highest BCUT2D eigenvalue weighted by Crippen LogP contribution is 2.16. The molecule has 0 amide bonds. The van der Waals surface area contributed by atoms with E-state index in [0.29, 0.717) is 5.56 Å². The van der Waals surface area contributed by atoms with E-state index in [9.17, 15) is 4.39 Å². The lowest BCUT2D eigenvalue weighted by atomic mass is 10.1. The van der Waals surface area contributed by atoms with Crippen LogP contribution in [0, 0.1) is 12.7 Å². The molecular weight excluding hydrogens is 243 g/mol. The summed E-state index contributed by atoms with van der Waals surface area (Å²) < 4.78 is 13.5. The summed E-state index contributed by atoms with van der Waals surface area (Å²) in [5, 5.41) is 10.0. The molecule has 1 unspecified atom stereocenters. The predicted octanol–water partition coefficient (Wildman–Crippen LogP) is 2.54. The first-order valence-electron chi connectivity index (χ1n) is 6.50. The van der Waals surface area contributed by atoms with E-state index in [-0.39, 0.29) is 11.9 Å². The SMILES string of the molecule is Cc1ccc(C(C)NCCCc2ncn[nH]2)cc1F. The lowest BCUT2D eigenvalue weighted by Gasteiger charge is -2.14. The fraction of sp³-hybridized carbons (Fsp3) is 0.429. The molecule has 5 heteroatoms. The number of nitrogens with one attached hydrogen (secondary N) is 2. The Hall–Kier alpha value is -1.75. The average Bonchev–Trinajstić information content (AvgIpc) is 2.91. The van der Waals surface area contributed by atoms with Crippen LogP contribution in [0.3, 0.4) is 0 Å². The molecule has 1 atom stereocenters. The van der Waals surface area contributed by atoms with Crippen molar-refractivity contribution in [3.05, 3.63) is 47.3 Å². The molecule has 4 nitrogen and oxygen atoms in total. The van der Waals surface area contributed by atoms with E-state index in [0.717, 1.165) is 30.8 Å². The first-order chi connectivity index (χ1) is 9.16. The molecule has 0 saturated heterocycles. The number of aryl methyl sites for hydroxylation is 2. The number of benzene rings is 1. The van der Waals surface area contributed by atoms with E-state index < -0.39 is 0 Å². The molecule has 102 valence electrons. The van der Waals surface area contributed by atoms with Crippen LogP contribution in [0.25, 0.3) is 0 Å². The standard InChI is InChI=1S/C14H19FN4/c1-10-5-6-12(8-13(10)15)11(2)16-7-3-4-14-17-9-18-19-14/h5-6,8-9,11,16H,3-4,7H2,1-2H3,(H,17,18,19). The van der Waals surface area contributed by atoms with Crippen molar-refractivity contribution in [3.63, 3.8) is 0 Å². The molecule has 0 radical (unpaired) electrons. The van der Waals surface area contributed by atoms with Gasteiger partial charge in [-0.15, -0.1) is 0 Å². The van der Waals surface area contributed by atoms with Gasteiger partial charge in [0.2, 0.25) is 0 Å². The summed E-state index contributed by atoms with van der Waals surface area (Å²) in [6.07, 6.45) is 3.34. The number of aromatic amines is 1. The third-order valence-corrected chi connectivity index (χ3v) is 3.20. The van der Waals surface area contributed by atoms with Crippen molar-refractivity contribution < 1.29 is 4.39 Å². The van der Waals surface area contributed by atoms with Crippen molar-refractivity contribution in [2.24, 2.45) is 0 Å². The van der Waals surface area contributed by atoms with E-state index in [2.05, 4.69) is 20.5 Å².